The van der Waals surface area contributed by atoms with E-state index in [9.17, 15) is 13.6 Å². The van der Waals surface area contributed by atoms with Crippen molar-refractivity contribution < 1.29 is 13.6 Å². The maximum atomic E-state index is 13.5. The van der Waals surface area contributed by atoms with Crippen LogP contribution in [0.1, 0.15) is 12.6 Å². The number of amides is 1. The van der Waals surface area contributed by atoms with Crippen molar-refractivity contribution in [1.29, 1.82) is 5.26 Å². The van der Waals surface area contributed by atoms with Crippen LogP contribution in [0.2, 0.25) is 0 Å². The molecule has 0 bridgehead atoms. The van der Waals surface area contributed by atoms with Crippen LogP contribution in [0.5, 0.6) is 0 Å². The number of benzene rings is 1. The van der Waals surface area contributed by atoms with Crippen LogP contribution < -0.4 is 10.2 Å². The van der Waals surface area contributed by atoms with Crippen LogP contribution in [0.25, 0.3) is 0 Å². The molecule has 0 fully saturated rings. The third-order valence-corrected chi connectivity index (χ3v) is 3.12. The molecule has 118 valence electrons. The molecule has 1 N–H and O–H groups in total. The summed E-state index contributed by atoms with van der Waals surface area (Å²) in [6.07, 6.45) is 0. The van der Waals surface area contributed by atoms with E-state index in [2.05, 4.69) is 10.3 Å². The molecule has 0 unspecified atom stereocenters. The zero-order valence-electron chi connectivity index (χ0n) is 12.4. The van der Waals surface area contributed by atoms with E-state index in [1.807, 2.05) is 6.07 Å². The molecule has 1 aromatic heterocycles. The first-order chi connectivity index (χ1) is 11.0. The molecule has 2 aromatic rings. The fraction of sp³-hybridized carbons (Fsp3) is 0.188. The number of anilines is 2. The Morgan fingerprint density at radius 2 is 1.91 bits per heavy atom. The minimum Gasteiger partial charge on any atom is -0.348 e. The van der Waals surface area contributed by atoms with Gasteiger partial charge in [-0.3, -0.25) is 4.79 Å². The first-order valence-electron chi connectivity index (χ1n) is 6.91. The number of aromatic nitrogens is 1. The summed E-state index contributed by atoms with van der Waals surface area (Å²) in [5.41, 5.74) is -0.256. The van der Waals surface area contributed by atoms with Crippen molar-refractivity contribution in [2.75, 3.05) is 23.3 Å². The topological polar surface area (TPSA) is 69.0 Å². The van der Waals surface area contributed by atoms with Gasteiger partial charge in [-0.2, -0.15) is 5.26 Å². The lowest BCUT2D eigenvalue weighted by Crippen LogP contribution is -2.34. The summed E-state index contributed by atoms with van der Waals surface area (Å²) >= 11 is 0. The molecule has 0 spiro atoms. The lowest BCUT2D eigenvalue weighted by Gasteiger charge is -2.21. The van der Waals surface area contributed by atoms with E-state index in [4.69, 9.17) is 5.26 Å². The maximum Gasteiger partial charge on any atom is 0.244 e. The summed E-state index contributed by atoms with van der Waals surface area (Å²) in [4.78, 5) is 17.7. The minimum atomic E-state index is -0.842. The summed E-state index contributed by atoms with van der Waals surface area (Å²) in [5, 5.41) is 11.1. The Morgan fingerprint density at radius 1 is 1.26 bits per heavy atom. The standard InChI is InChI=1S/C16H14F2N4O/c1-2-22(14-8-3-5-11(9-19)20-14)10-15(23)21-16-12(17)6-4-7-13(16)18/h3-8H,2,10H2,1H3,(H,21,23). The number of hydrogen-bond donors (Lipinski definition) is 1. The van der Waals surface area contributed by atoms with Gasteiger partial charge in [0.1, 0.15) is 34.9 Å². The van der Waals surface area contributed by atoms with Crippen LogP contribution >= 0.6 is 0 Å². The number of para-hydroxylation sites is 1. The highest BCUT2D eigenvalue weighted by Crippen LogP contribution is 2.18. The summed E-state index contributed by atoms with van der Waals surface area (Å²) in [7, 11) is 0. The van der Waals surface area contributed by atoms with Gasteiger partial charge in [-0.1, -0.05) is 12.1 Å². The predicted molar refractivity (Wildman–Crippen MR) is 81.8 cm³/mol. The lowest BCUT2D eigenvalue weighted by atomic mass is 10.3. The third-order valence-electron chi connectivity index (χ3n) is 3.12. The zero-order chi connectivity index (χ0) is 16.8. The number of hydrogen-bond acceptors (Lipinski definition) is 4. The van der Waals surface area contributed by atoms with Gasteiger partial charge in [0.2, 0.25) is 5.91 Å². The molecule has 23 heavy (non-hydrogen) atoms. The lowest BCUT2D eigenvalue weighted by molar-refractivity contribution is -0.115. The predicted octanol–water partition coefficient (Wildman–Crippen LogP) is 2.70. The fourth-order valence-electron chi connectivity index (χ4n) is 1.99. The van der Waals surface area contributed by atoms with Crippen molar-refractivity contribution in [3.05, 3.63) is 53.7 Å². The molecule has 2 rings (SSSR count). The Bertz CT molecular complexity index is 738. The zero-order valence-corrected chi connectivity index (χ0v) is 12.4. The molecule has 1 heterocycles. The van der Waals surface area contributed by atoms with E-state index in [0.717, 1.165) is 12.1 Å². The van der Waals surface area contributed by atoms with Crippen LogP contribution in [-0.4, -0.2) is 24.0 Å². The Morgan fingerprint density at radius 3 is 2.52 bits per heavy atom. The number of halogens is 2. The highest BCUT2D eigenvalue weighted by molar-refractivity contribution is 5.94. The van der Waals surface area contributed by atoms with Crippen LogP contribution in [0.3, 0.4) is 0 Å². The van der Waals surface area contributed by atoms with Gasteiger partial charge >= 0.3 is 0 Å². The SMILES string of the molecule is CCN(CC(=O)Nc1c(F)cccc1F)c1cccc(C#N)n1. The van der Waals surface area contributed by atoms with Gasteiger partial charge in [0, 0.05) is 6.54 Å². The van der Waals surface area contributed by atoms with E-state index in [1.165, 1.54) is 6.07 Å². The van der Waals surface area contributed by atoms with E-state index in [0.29, 0.717) is 12.4 Å². The average molecular weight is 316 g/mol. The van der Waals surface area contributed by atoms with Crippen molar-refractivity contribution in [3.8, 4) is 6.07 Å². The number of nitrogens with zero attached hydrogens (tertiary/aromatic N) is 3. The Balaban J connectivity index is 2.12. The molecule has 0 saturated carbocycles. The maximum absolute atomic E-state index is 13.5. The molecule has 7 heteroatoms. The van der Waals surface area contributed by atoms with Crippen molar-refractivity contribution in [2.45, 2.75) is 6.92 Å². The van der Waals surface area contributed by atoms with Gasteiger partial charge < -0.3 is 10.2 Å². The van der Waals surface area contributed by atoms with E-state index >= 15 is 0 Å². The highest BCUT2D eigenvalue weighted by atomic mass is 19.1. The Hall–Kier alpha value is -3.01. The van der Waals surface area contributed by atoms with Crippen LogP contribution in [0.15, 0.2) is 36.4 Å². The van der Waals surface area contributed by atoms with Crippen LogP contribution in [-0.2, 0) is 4.79 Å². The number of nitriles is 1. The van der Waals surface area contributed by atoms with E-state index in [1.54, 1.807) is 30.0 Å². The number of pyridine rings is 1. The van der Waals surface area contributed by atoms with E-state index in [-0.39, 0.29) is 12.2 Å². The number of nitrogens with one attached hydrogen (secondary N) is 1. The smallest absolute Gasteiger partial charge is 0.244 e. The molecule has 0 saturated heterocycles. The molecule has 5 nitrogen and oxygen atoms in total. The molecule has 0 radical (unpaired) electrons. The Kier molecular flexibility index (Phi) is 5.20. The third kappa shape index (κ3) is 4.01. The fourth-order valence-corrected chi connectivity index (χ4v) is 1.99. The molecular weight excluding hydrogens is 302 g/mol. The molecule has 0 aliphatic rings. The minimum absolute atomic E-state index is 0.147. The summed E-state index contributed by atoms with van der Waals surface area (Å²) in [6, 6.07) is 10.1. The Labute approximate surface area is 132 Å². The quantitative estimate of drug-likeness (QED) is 0.921. The van der Waals surface area contributed by atoms with Crippen LogP contribution in [0, 0.1) is 23.0 Å². The van der Waals surface area contributed by atoms with Gasteiger partial charge in [-0.05, 0) is 31.2 Å². The van der Waals surface area contributed by atoms with Crippen molar-refractivity contribution in [1.82, 2.24) is 4.98 Å². The molecule has 0 atom stereocenters. The highest BCUT2D eigenvalue weighted by Gasteiger charge is 2.15. The normalized spacial score (nSPS) is 10.0. The molecule has 1 amide bonds. The second-order valence-electron chi connectivity index (χ2n) is 4.65. The average Bonchev–Trinajstić information content (AvgIpc) is 2.56. The first-order valence-corrected chi connectivity index (χ1v) is 6.91. The number of carbonyl (C=O) groups is 1. The van der Waals surface area contributed by atoms with Crippen molar-refractivity contribution >= 4 is 17.4 Å². The largest absolute Gasteiger partial charge is 0.348 e. The van der Waals surface area contributed by atoms with Gasteiger partial charge in [0.15, 0.2) is 0 Å². The van der Waals surface area contributed by atoms with Gasteiger partial charge in [-0.15, -0.1) is 0 Å². The van der Waals surface area contributed by atoms with Gasteiger partial charge in [0.25, 0.3) is 0 Å². The van der Waals surface area contributed by atoms with E-state index < -0.39 is 23.2 Å². The molecule has 0 aliphatic heterocycles. The molecular formula is C16H14F2N4O. The van der Waals surface area contributed by atoms with Crippen molar-refractivity contribution in [3.63, 3.8) is 0 Å². The summed E-state index contributed by atoms with van der Waals surface area (Å²) in [5.74, 6) is -1.83. The summed E-state index contributed by atoms with van der Waals surface area (Å²) in [6.45, 7) is 2.10. The number of rotatable bonds is 5. The van der Waals surface area contributed by atoms with Gasteiger partial charge in [-0.25, -0.2) is 13.8 Å². The first kappa shape index (κ1) is 16.4. The monoisotopic (exact) mass is 316 g/mol. The van der Waals surface area contributed by atoms with Crippen LogP contribution in [0.4, 0.5) is 20.3 Å². The van der Waals surface area contributed by atoms with Gasteiger partial charge in [0.05, 0.1) is 6.54 Å². The molecule has 0 aliphatic carbocycles. The number of carbonyl (C=O) groups excluding carboxylic acids is 1. The van der Waals surface area contributed by atoms with Crippen molar-refractivity contribution in [2.24, 2.45) is 0 Å². The second-order valence-corrected chi connectivity index (χ2v) is 4.65. The number of likely N-dealkylation sites (N-methyl/N-ethyl adjacent to an activating group) is 1. The second kappa shape index (κ2) is 7.31. The summed E-state index contributed by atoms with van der Waals surface area (Å²) < 4.78 is 27.1. The molecule has 1 aromatic carbocycles.